The minimum absolute atomic E-state index is 0.190. The van der Waals surface area contributed by atoms with Gasteiger partial charge >= 0.3 is 18.0 Å². The van der Waals surface area contributed by atoms with Gasteiger partial charge < -0.3 is 20.4 Å². The zero-order valence-electron chi connectivity index (χ0n) is 20.9. The van der Waals surface area contributed by atoms with E-state index in [4.69, 9.17) is 10.2 Å². The number of carboxylic acids is 2. The van der Waals surface area contributed by atoms with Gasteiger partial charge in [0.05, 0.1) is 0 Å². The number of amides is 1. The van der Waals surface area contributed by atoms with Crippen LogP contribution in [0.25, 0.3) is 0 Å². The van der Waals surface area contributed by atoms with Crippen molar-refractivity contribution in [1.29, 1.82) is 0 Å². The summed E-state index contributed by atoms with van der Waals surface area (Å²) in [5.74, 6) is -1.000. The lowest BCUT2D eigenvalue weighted by Gasteiger charge is -2.10. The van der Waals surface area contributed by atoms with Gasteiger partial charge in [-0.1, -0.05) is 28.0 Å². The molecule has 3 N–H and O–H groups in total. The first-order valence-electron chi connectivity index (χ1n) is 11.5. The van der Waals surface area contributed by atoms with Crippen molar-refractivity contribution in [3.05, 3.63) is 49.6 Å². The van der Waals surface area contributed by atoms with Crippen LogP contribution in [0.15, 0.2) is 49.6 Å². The molecule has 37 heavy (non-hydrogen) atoms. The van der Waals surface area contributed by atoms with Gasteiger partial charge in [0.15, 0.2) is 0 Å². The van der Waals surface area contributed by atoms with Gasteiger partial charge in [0.25, 0.3) is 0 Å². The Morgan fingerprint density at radius 1 is 1.03 bits per heavy atom. The third-order valence-corrected chi connectivity index (χ3v) is 7.61. The molecule has 3 rings (SSSR count). The molecule has 0 saturated carbocycles. The van der Waals surface area contributed by atoms with Crippen molar-refractivity contribution in [1.82, 2.24) is 29.3 Å². The second-order valence-corrected chi connectivity index (χ2v) is 10.7. The molecular weight excluding hydrogens is 520 g/mol. The fourth-order valence-electron chi connectivity index (χ4n) is 2.75. The van der Waals surface area contributed by atoms with Gasteiger partial charge in [-0.25, -0.2) is 24.4 Å². The summed E-state index contributed by atoms with van der Waals surface area (Å²) in [6, 6.07) is -0.190. The molecule has 0 aliphatic carbocycles. The largest absolute Gasteiger partial charge is 0.478 e. The predicted octanol–water partition coefficient (Wildman–Crippen LogP) is 2.69. The molecule has 1 saturated heterocycles. The summed E-state index contributed by atoms with van der Waals surface area (Å²) in [7, 11) is 8.06. The molecule has 0 spiro atoms. The van der Waals surface area contributed by atoms with Crippen LogP contribution in [0.5, 0.6) is 0 Å². The lowest BCUT2D eigenvalue weighted by Crippen LogP contribution is -2.31. The summed E-state index contributed by atoms with van der Waals surface area (Å²) < 4.78 is 2.75. The van der Waals surface area contributed by atoms with E-state index < -0.39 is 11.9 Å². The van der Waals surface area contributed by atoms with Crippen LogP contribution in [0.1, 0.15) is 32.1 Å². The first kappa shape index (κ1) is 31.9. The number of nitrogens with one attached hydrogen (secondary N) is 1. The average molecular weight is 555 g/mol. The van der Waals surface area contributed by atoms with E-state index in [-0.39, 0.29) is 11.9 Å². The van der Waals surface area contributed by atoms with Crippen LogP contribution in [-0.2, 0) is 14.4 Å². The normalized spacial score (nSPS) is 14.4. The van der Waals surface area contributed by atoms with E-state index in [1.807, 2.05) is 35.7 Å². The van der Waals surface area contributed by atoms with Gasteiger partial charge in [-0.3, -0.25) is 13.9 Å². The maximum Gasteiger partial charge on any atom is 0.338 e. The summed E-state index contributed by atoms with van der Waals surface area (Å²) >= 11 is 0. The summed E-state index contributed by atoms with van der Waals surface area (Å²) in [6.45, 7) is 1.68. The zero-order valence-corrected chi connectivity index (χ0v) is 22.6. The van der Waals surface area contributed by atoms with E-state index >= 15 is 0 Å². The minimum Gasteiger partial charge on any atom is -0.478 e. The molecule has 1 amide bonds. The highest BCUT2D eigenvalue weighted by Crippen LogP contribution is 2.39. The van der Waals surface area contributed by atoms with Crippen LogP contribution in [-0.4, -0.2) is 96.3 Å². The van der Waals surface area contributed by atoms with Crippen molar-refractivity contribution >= 4 is 45.5 Å². The zero-order chi connectivity index (χ0) is 27.5. The Hall–Kier alpha value is -3.10. The number of nitrogens with zero attached hydrogens (tertiary/aromatic N) is 5. The summed E-state index contributed by atoms with van der Waals surface area (Å²) in [5, 5.41) is 19.4. The van der Waals surface area contributed by atoms with E-state index in [0.717, 1.165) is 24.8 Å². The van der Waals surface area contributed by atoms with Crippen LogP contribution in [0.4, 0.5) is 4.79 Å². The molecule has 1 unspecified atom stereocenters. The number of rotatable bonds is 10. The lowest BCUT2D eigenvalue weighted by molar-refractivity contribution is -0.134. The quantitative estimate of drug-likeness (QED) is 0.225. The van der Waals surface area contributed by atoms with Crippen LogP contribution in [0.2, 0.25) is 0 Å². The first-order valence-corrected chi connectivity index (χ1v) is 13.9. The first-order chi connectivity index (χ1) is 17.7. The molecule has 0 radical (unpaired) electrons. The Morgan fingerprint density at radius 2 is 1.62 bits per heavy atom. The van der Waals surface area contributed by atoms with E-state index in [2.05, 4.69) is 20.2 Å². The number of hydrogen-bond acceptors (Lipinski definition) is 9. The fraction of sp³-hybridized carbons (Fsp3) is 0.478. The minimum atomic E-state index is -1.26. The lowest BCUT2D eigenvalue weighted by atomic mass is 10.1. The van der Waals surface area contributed by atoms with Crippen molar-refractivity contribution in [2.24, 2.45) is 0 Å². The molecule has 1 aliphatic heterocycles. The van der Waals surface area contributed by atoms with Crippen LogP contribution in [0, 0.1) is 0 Å². The maximum atomic E-state index is 11.5. The average Bonchev–Trinajstić information content (AvgIpc) is 3.64. The SMILES string of the molecule is CN(C)CCNC(=O)CCCCC1CCSS1.O=C(O)/C=C\C(=O)O.O=C(n1ccnc1)n1ccnc1. The molecule has 0 bridgehead atoms. The number of hydrogen-bond donors (Lipinski definition) is 3. The topological polar surface area (TPSA) is 160 Å². The van der Waals surface area contributed by atoms with Gasteiger partial charge in [0.1, 0.15) is 12.7 Å². The van der Waals surface area contributed by atoms with Gasteiger partial charge in [-0.15, -0.1) is 0 Å². The van der Waals surface area contributed by atoms with E-state index in [9.17, 15) is 19.2 Å². The van der Waals surface area contributed by atoms with Crippen molar-refractivity contribution < 1.29 is 29.4 Å². The van der Waals surface area contributed by atoms with Gasteiger partial charge in [-0.05, 0) is 33.4 Å². The van der Waals surface area contributed by atoms with Crippen LogP contribution < -0.4 is 5.32 Å². The molecule has 2 aromatic rings. The second kappa shape index (κ2) is 19.1. The molecule has 1 fully saturated rings. The highest BCUT2D eigenvalue weighted by atomic mass is 33.1. The van der Waals surface area contributed by atoms with Crippen LogP contribution >= 0.6 is 21.6 Å². The number of unbranched alkanes of at least 4 members (excludes halogenated alkanes) is 1. The van der Waals surface area contributed by atoms with Crippen LogP contribution in [0.3, 0.4) is 0 Å². The molecule has 2 aromatic heterocycles. The highest BCUT2D eigenvalue weighted by molar-refractivity contribution is 8.77. The third kappa shape index (κ3) is 16.3. The molecule has 3 heterocycles. The fourth-order valence-corrected chi connectivity index (χ4v) is 5.78. The number of aliphatic carboxylic acids is 2. The Labute approximate surface area is 223 Å². The van der Waals surface area contributed by atoms with Crippen molar-refractivity contribution in [2.45, 2.75) is 37.4 Å². The van der Waals surface area contributed by atoms with Crippen molar-refractivity contribution in [3.63, 3.8) is 0 Å². The summed E-state index contributed by atoms with van der Waals surface area (Å²) in [5.41, 5.74) is 0. The standard InChI is InChI=1S/C12H24N2OS2.C7H6N4O.C4H4O4/c1-14(2)9-8-13-12(15)6-4-3-5-11-7-10-16-17-11;12-7(10-3-1-8-5-10)11-4-2-9-6-11;5-3(6)1-2-4(7)8/h11H,3-10H2,1-2H3,(H,13,15);1-6H;1-2H,(H,5,6)(H,7,8)/b;;2-1-. The van der Waals surface area contributed by atoms with E-state index in [0.29, 0.717) is 18.6 Å². The summed E-state index contributed by atoms with van der Waals surface area (Å²) in [4.78, 5) is 51.6. The monoisotopic (exact) mass is 554 g/mol. The van der Waals surface area contributed by atoms with Gasteiger partial charge in [0, 0.05) is 67.5 Å². The maximum absolute atomic E-state index is 11.5. The van der Waals surface area contributed by atoms with Gasteiger partial charge in [0.2, 0.25) is 5.91 Å². The molecule has 204 valence electrons. The smallest absolute Gasteiger partial charge is 0.338 e. The molecule has 1 aliphatic rings. The third-order valence-electron chi connectivity index (χ3n) is 4.61. The number of carbonyl (C=O) groups is 4. The molecule has 14 heteroatoms. The molecular formula is C23H34N6O6S2. The molecule has 12 nitrogen and oxygen atoms in total. The Morgan fingerprint density at radius 3 is 2.05 bits per heavy atom. The predicted molar refractivity (Wildman–Crippen MR) is 144 cm³/mol. The Bertz CT molecular complexity index is 908. The number of imidazole rings is 2. The van der Waals surface area contributed by atoms with E-state index in [1.54, 1.807) is 24.8 Å². The van der Waals surface area contributed by atoms with E-state index in [1.165, 1.54) is 46.8 Å². The number of carbonyl (C=O) groups excluding carboxylic acids is 2. The summed E-state index contributed by atoms with van der Waals surface area (Å²) in [6.07, 6.45) is 15.8. The number of likely N-dealkylation sites (N-methyl/N-ethyl adjacent to an activating group) is 1. The number of aromatic nitrogens is 4. The highest BCUT2D eigenvalue weighted by Gasteiger charge is 2.15. The second-order valence-electron chi connectivity index (χ2n) is 7.96. The molecule has 0 aromatic carbocycles. The van der Waals surface area contributed by atoms with Crippen molar-refractivity contribution in [2.75, 3.05) is 32.9 Å². The van der Waals surface area contributed by atoms with Gasteiger partial charge in [-0.2, -0.15) is 0 Å². The van der Waals surface area contributed by atoms with Crippen molar-refractivity contribution in [3.8, 4) is 0 Å². The molecule has 1 atom stereocenters. The number of carboxylic acid groups (broad SMARTS) is 2. The Balaban J connectivity index is 0.000000298. The Kier molecular flexibility index (Phi) is 16.5.